The lowest BCUT2D eigenvalue weighted by molar-refractivity contribution is -0.00355. The molecule has 0 fully saturated rings. The molecule has 0 amide bonds. The Balaban J connectivity index is 1.65. The van der Waals surface area contributed by atoms with Gasteiger partial charge in [-0.3, -0.25) is 0 Å². The van der Waals surface area contributed by atoms with Crippen LogP contribution in [-0.4, -0.2) is 28.6 Å². The first kappa shape index (κ1) is 31.3. The molecule has 0 aromatic heterocycles. The molecule has 3 rings (SSSR count). The van der Waals surface area contributed by atoms with Crippen molar-refractivity contribution in [2.24, 2.45) is 0 Å². The Morgan fingerprint density at radius 2 is 1.00 bits per heavy atom. The summed E-state index contributed by atoms with van der Waals surface area (Å²) in [5.41, 5.74) is 2.86. The van der Waals surface area contributed by atoms with Crippen LogP contribution in [0, 0.1) is 0 Å². The van der Waals surface area contributed by atoms with Crippen molar-refractivity contribution in [3.63, 3.8) is 0 Å². The molecule has 2 aromatic carbocycles. The van der Waals surface area contributed by atoms with Crippen LogP contribution in [0.2, 0.25) is 0 Å². The van der Waals surface area contributed by atoms with E-state index in [0.29, 0.717) is 5.92 Å². The maximum Gasteiger partial charge on any atom is 0.123 e. The minimum atomic E-state index is -0.0512. The molecule has 216 valence electrons. The SMILES string of the molecule is CCCCCCCCCCCCCCN1C=CN(CCCC)C1(Cc1ccccc1)C(CC)c1ccccc1. The van der Waals surface area contributed by atoms with E-state index in [9.17, 15) is 0 Å². The van der Waals surface area contributed by atoms with E-state index in [0.717, 1.165) is 25.9 Å². The molecule has 0 radical (unpaired) electrons. The average molecular weight is 531 g/mol. The van der Waals surface area contributed by atoms with Crippen LogP contribution in [-0.2, 0) is 6.42 Å². The summed E-state index contributed by atoms with van der Waals surface area (Å²) in [6.07, 6.45) is 26.3. The smallest absolute Gasteiger partial charge is 0.123 e. The summed E-state index contributed by atoms with van der Waals surface area (Å²) in [5, 5.41) is 0. The van der Waals surface area contributed by atoms with Crippen LogP contribution in [0.4, 0.5) is 0 Å². The van der Waals surface area contributed by atoms with Gasteiger partial charge in [-0.15, -0.1) is 0 Å². The molecule has 0 N–H and O–H groups in total. The number of benzene rings is 2. The van der Waals surface area contributed by atoms with Crippen molar-refractivity contribution in [3.8, 4) is 0 Å². The monoisotopic (exact) mass is 530 g/mol. The van der Waals surface area contributed by atoms with Gasteiger partial charge in [0.1, 0.15) is 5.66 Å². The van der Waals surface area contributed by atoms with Crippen molar-refractivity contribution in [1.29, 1.82) is 0 Å². The molecule has 1 heterocycles. The summed E-state index contributed by atoms with van der Waals surface area (Å²) in [4.78, 5) is 5.46. The van der Waals surface area contributed by atoms with Crippen molar-refractivity contribution in [1.82, 2.24) is 9.80 Å². The standard InChI is InChI=1S/C37H58N2/c1-4-7-9-10-11-12-13-14-15-16-17-24-30-39-32-31-38(29-8-5-2)37(39,33-34-25-20-18-21-26-34)36(6-3)35-27-22-19-23-28-35/h18-23,25-28,31-32,36H,4-17,24,29-30,33H2,1-3H3. The minimum absolute atomic E-state index is 0.0512. The van der Waals surface area contributed by atoms with Gasteiger partial charge in [0.15, 0.2) is 0 Å². The van der Waals surface area contributed by atoms with Gasteiger partial charge >= 0.3 is 0 Å². The van der Waals surface area contributed by atoms with E-state index < -0.39 is 0 Å². The molecule has 0 bridgehead atoms. The van der Waals surface area contributed by atoms with Gasteiger partial charge < -0.3 is 9.80 Å². The first-order valence-electron chi connectivity index (χ1n) is 16.6. The van der Waals surface area contributed by atoms with E-state index in [1.807, 2.05) is 0 Å². The number of nitrogens with zero attached hydrogens (tertiary/aromatic N) is 2. The molecule has 2 heteroatoms. The summed E-state index contributed by atoms with van der Waals surface area (Å²) in [6.45, 7) is 9.28. The second kappa shape index (κ2) is 18.2. The van der Waals surface area contributed by atoms with Gasteiger partial charge in [0.2, 0.25) is 0 Å². The second-order valence-corrected chi connectivity index (χ2v) is 11.8. The zero-order valence-electron chi connectivity index (χ0n) is 25.6. The van der Waals surface area contributed by atoms with Gasteiger partial charge in [0.05, 0.1) is 0 Å². The third-order valence-electron chi connectivity index (χ3n) is 8.90. The fraction of sp³-hybridized carbons (Fsp3) is 0.622. The molecule has 0 saturated carbocycles. The topological polar surface area (TPSA) is 6.48 Å². The molecular formula is C37H58N2. The van der Waals surface area contributed by atoms with Crippen molar-refractivity contribution >= 4 is 0 Å². The lowest BCUT2D eigenvalue weighted by Gasteiger charge is -2.51. The maximum atomic E-state index is 2.74. The van der Waals surface area contributed by atoms with Gasteiger partial charge in [0.25, 0.3) is 0 Å². The van der Waals surface area contributed by atoms with E-state index in [1.165, 1.54) is 101 Å². The third kappa shape index (κ3) is 9.44. The summed E-state index contributed by atoms with van der Waals surface area (Å²) < 4.78 is 0. The summed E-state index contributed by atoms with van der Waals surface area (Å²) >= 11 is 0. The molecule has 0 aliphatic carbocycles. The molecule has 1 aliphatic rings. The van der Waals surface area contributed by atoms with Crippen molar-refractivity contribution in [2.45, 2.75) is 135 Å². The highest BCUT2D eigenvalue weighted by molar-refractivity contribution is 5.30. The summed E-state index contributed by atoms with van der Waals surface area (Å²) in [7, 11) is 0. The first-order chi connectivity index (χ1) is 19.3. The van der Waals surface area contributed by atoms with Gasteiger partial charge in [-0.05, 0) is 30.4 Å². The Morgan fingerprint density at radius 3 is 1.51 bits per heavy atom. The third-order valence-corrected chi connectivity index (χ3v) is 8.90. The minimum Gasteiger partial charge on any atom is -0.353 e. The highest BCUT2D eigenvalue weighted by Crippen LogP contribution is 2.45. The summed E-state index contributed by atoms with van der Waals surface area (Å²) in [5.74, 6) is 0.447. The number of rotatable bonds is 21. The van der Waals surface area contributed by atoms with Crippen LogP contribution in [0.5, 0.6) is 0 Å². The quantitative estimate of drug-likeness (QED) is 0.148. The molecule has 2 nitrogen and oxygen atoms in total. The van der Waals surface area contributed by atoms with Crippen LogP contribution in [0.15, 0.2) is 73.1 Å². The zero-order chi connectivity index (χ0) is 27.6. The highest BCUT2D eigenvalue weighted by atomic mass is 15.4. The lowest BCUT2D eigenvalue weighted by Crippen LogP contribution is -2.59. The van der Waals surface area contributed by atoms with E-state index in [1.54, 1.807) is 0 Å². The van der Waals surface area contributed by atoms with Crippen molar-refractivity contribution < 1.29 is 0 Å². The van der Waals surface area contributed by atoms with Crippen LogP contribution in [0.1, 0.15) is 134 Å². The van der Waals surface area contributed by atoms with E-state index >= 15 is 0 Å². The van der Waals surface area contributed by atoms with Crippen LogP contribution >= 0.6 is 0 Å². The number of unbranched alkanes of at least 4 members (excludes halogenated alkanes) is 12. The molecule has 39 heavy (non-hydrogen) atoms. The van der Waals surface area contributed by atoms with E-state index in [4.69, 9.17) is 0 Å². The van der Waals surface area contributed by atoms with Gasteiger partial charge in [-0.25, -0.2) is 0 Å². The molecule has 1 aliphatic heterocycles. The van der Waals surface area contributed by atoms with Gasteiger partial charge in [0, 0.05) is 37.8 Å². The Morgan fingerprint density at radius 1 is 0.538 bits per heavy atom. The fourth-order valence-corrected chi connectivity index (χ4v) is 6.71. The van der Waals surface area contributed by atoms with E-state index in [-0.39, 0.29) is 5.66 Å². The molecule has 2 atom stereocenters. The van der Waals surface area contributed by atoms with Gasteiger partial charge in [-0.2, -0.15) is 0 Å². The molecule has 0 saturated heterocycles. The largest absolute Gasteiger partial charge is 0.353 e. The Hall–Kier alpha value is -2.22. The molecule has 0 spiro atoms. The predicted molar refractivity (Wildman–Crippen MR) is 171 cm³/mol. The predicted octanol–water partition coefficient (Wildman–Crippen LogP) is 10.7. The lowest BCUT2D eigenvalue weighted by atomic mass is 9.78. The highest BCUT2D eigenvalue weighted by Gasteiger charge is 2.49. The average Bonchev–Trinajstić information content (AvgIpc) is 3.30. The van der Waals surface area contributed by atoms with Gasteiger partial charge in [-0.1, -0.05) is 158 Å². The van der Waals surface area contributed by atoms with E-state index in [2.05, 4.69) is 104 Å². The second-order valence-electron chi connectivity index (χ2n) is 11.8. The number of hydrogen-bond donors (Lipinski definition) is 0. The van der Waals surface area contributed by atoms with Crippen molar-refractivity contribution in [3.05, 3.63) is 84.2 Å². The maximum absolute atomic E-state index is 2.74. The Labute approximate surface area is 241 Å². The normalized spacial score (nSPS) is 17.7. The van der Waals surface area contributed by atoms with Crippen LogP contribution in [0.3, 0.4) is 0 Å². The molecule has 2 aromatic rings. The fourth-order valence-electron chi connectivity index (χ4n) is 6.71. The van der Waals surface area contributed by atoms with Crippen molar-refractivity contribution in [2.75, 3.05) is 13.1 Å². The Kier molecular flexibility index (Phi) is 14.6. The number of hydrogen-bond acceptors (Lipinski definition) is 2. The Bertz CT molecular complexity index is 892. The zero-order valence-corrected chi connectivity index (χ0v) is 25.6. The van der Waals surface area contributed by atoms with Crippen LogP contribution < -0.4 is 0 Å². The summed E-state index contributed by atoms with van der Waals surface area (Å²) in [6, 6.07) is 22.6. The van der Waals surface area contributed by atoms with Crippen LogP contribution in [0.25, 0.3) is 0 Å². The molecular weight excluding hydrogens is 472 g/mol. The first-order valence-corrected chi connectivity index (χ1v) is 16.6. The molecule has 2 unspecified atom stereocenters.